The van der Waals surface area contributed by atoms with Crippen LogP contribution in [0.15, 0.2) is 42.5 Å². The van der Waals surface area contributed by atoms with E-state index < -0.39 is 0 Å². The lowest BCUT2D eigenvalue weighted by molar-refractivity contribution is -0.930. The summed E-state index contributed by atoms with van der Waals surface area (Å²) in [4.78, 5) is 28.3. The number of nitrogens with zero attached hydrogens (tertiary/aromatic N) is 1. The number of amides is 2. The van der Waals surface area contributed by atoms with Crippen LogP contribution in [-0.4, -0.2) is 31.5 Å². The molecule has 0 radical (unpaired) electrons. The predicted molar refractivity (Wildman–Crippen MR) is 98.3 cm³/mol. The number of rotatable bonds is 3. The van der Waals surface area contributed by atoms with Gasteiger partial charge >= 0.3 is 0 Å². The lowest BCUT2D eigenvalue weighted by Crippen LogP contribution is -3.16. The molecule has 26 heavy (non-hydrogen) atoms. The van der Waals surface area contributed by atoms with Crippen molar-refractivity contribution >= 4 is 17.5 Å². The molecule has 1 unspecified atom stereocenters. The molecule has 0 bridgehead atoms. The van der Waals surface area contributed by atoms with E-state index in [-0.39, 0.29) is 24.3 Å². The Morgan fingerprint density at radius 2 is 1.88 bits per heavy atom. The molecular weight excluding hydrogens is 328 g/mol. The maximum atomic E-state index is 13.1. The van der Waals surface area contributed by atoms with Crippen LogP contribution in [0, 0.1) is 6.92 Å². The van der Waals surface area contributed by atoms with E-state index in [9.17, 15) is 9.59 Å². The fraction of sp³-hybridized carbons (Fsp3) is 0.333. The molecule has 0 spiro atoms. The third kappa shape index (κ3) is 2.78. The van der Waals surface area contributed by atoms with Crippen molar-refractivity contribution in [2.45, 2.75) is 32.4 Å². The second kappa shape index (κ2) is 6.57. The second-order valence-corrected chi connectivity index (χ2v) is 7.10. The molecule has 2 atom stereocenters. The first-order chi connectivity index (χ1) is 12.6. The molecule has 0 saturated carbocycles. The van der Waals surface area contributed by atoms with Gasteiger partial charge in [0, 0.05) is 12.0 Å². The molecule has 4 rings (SSSR count). The summed E-state index contributed by atoms with van der Waals surface area (Å²) in [6.07, 6.45) is 1.20. The number of nitrogens with one attached hydrogen (secondary N) is 1. The van der Waals surface area contributed by atoms with Gasteiger partial charge in [-0.2, -0.15) is 0 Å². The fourth-order valence-electron chi connectivity index (χ4n) is 4.08. The molecule has 0 aromatic heterocycles. The Hall–Kier alpha value is -2.66. The quantitative estimate of drug-likeness (QED) is 0.848. The van der Waals surface area contributed by atoms with E-state index in [0.717, 1.165) is 25.1 Å². The summed E-state index contributed by atoms with van der Waals surface area (Å²) < 4.78 is 5.38. The Labute approximate surface area is 153 Å². The number of aryl methyl sites for hydroxylation is 1. The van der Waals surface area contributed by atoms with Crippen LogP contribution in [0.25, 0.3) is 0 Å². The molecule has 2 heterocycles. The van der Waals surface area contributed by atoms with Crippen molar-refractivity contribution in [3.8, 4) is 5.75 Å². The first kappa shape index (κ1) is 16.8. The lowest BCUT2D eigenvalue weighted by Gasteiger charge is -2.29. The second-order valence-electron chi connectivity index (χ2n) is 7.10. The van der Waals surface area contributed by atoms with Crippen LogP contribution in [0.3, 0.4) is 0 Å². The molecular formula is C21H23N2O3+. The summed E-state index contributed by atoms with van der Waals surface area (Å²) in [6.45, 7) is 3.61. The molecule has 2 aromatic carbocycles. The maximum absolute atomic E-state index is 13.1. The highest BCUT2D eigenvalue weighted by Crippen LogP contribution is 2.32. The van der Waals surface area contributed by atoms with E-state index >= 15 is 0 Å². The number of carbonyl (C=O) groups is 2. The van der Waals surface area contributed by atoms with Gasteiger partial charge in [0.05, 0.1) is 25.8 Å². The number of fused-ring (bicyclic) bond motifs is 1. The van der Waals surface area contributed by atoms with E-state index in [4.69, 9.17) is 4.74 Å². The zero-order chi connectivity index (χ0) is 18.3. The predicted octanol–water partition coefficient (Wildman–Crippen LogP) is 1.28. The summed E-state index contributed by atoms with van der Waals surface area (Å²) in [5.41, 5.74) is 4.18. The van der Waals surface area contributed by atoms with Crippen LogP contribution in [0.2, 0.25) is 0 Å². The monoisotopic (exact) mass is 351 g/mol. The van der Waals surface area contributed by atoms with Crippen molar-refractivity contribution in [3.05, 3.63) is 59.2 Å². The van der Waals surface area contributed by atoms with Gasteiger partial charge in [-0.3, -0.25) is 9.59 Å². The molecule has 1 fully saturated rings. The van der Waals surface area contributed by atoms with Gasteiger partial charge in [-0.1, -0.05) is 30.3 Å². The zero-order valence-corrected chi connectivity index (χ0v) is 15.1. The molecule has 134 valence electrons. The fourth-order valence-corrected chi connectivity index (χ4v) is 4.08. The Balaban J connectivity index is 1.62. The highest BCUT2D eigenvalue weighted by atomic mass is 16.5. The average molecular weight is 351 g/mol. The highest BCUT2D eigenvalue weighted by Gasteiger charge is 2.47. The van der Waals surface area contributed by atoms with E-state index in [0.29, 0.717) is 11.4 Å². The van der Waals surface area contributed by atoms with Gasteiger partial charge in [-0.05, 0) is 30.2 Å². The number of imide groups is 1. The number of hydrogen-bond donors (Lipinski definition) is 1. The van der Waals surface area contributed by atoms with E-state index in [1.165, 1.54) is 20.9 Å². The molecule has 1 N–H and O–H groups in total. The van der Waals surface area contributed by atoms with Gasteiger partial charge in [0.25, 0.3) is 5.91 Å². The number of benzene rings is 2. The van der Waals surface area contributed by atoms with E-state index in [1.807, 2.05) is 31.2 Å². The van der Waals surface area contributed by atoms with Gasteiger partial charge < -0.3 is 9.64 Å². The minimum atomic E-state index is -0.318. The van der Waals surface area contributed by atoms with Crippen molar-refractivity contribution in [1.82, 2.24) is 0 Å². The molecule has 1 saturated heterocycles. The van der Waals surface area contributed by atoms with Crippen LogP contribution in [0.4, 0.5) is 5.69 Å². The first-order valence-electron chi connectivity index (χ1n) is 9.01. The normalized spacial score (nSPS) is 22.5. The van der Waals surface area contributed by atoms with Crippen molar-refractivity contribution in [2.24, 2.45) is 0 Å². The van der Waals surface area contributed by atoms with Crippen LogP contribution in [0.1, 0.15) is 23.1 Å². The Kier molecular flexibility index (Phi) is 4.24. The largest absolute Gasteiger partial charge is 0.495 e. The lowest BCUT2D eigenvalue weighted by atomic mass is 9.98. The minimum Gasteiger partial charge on any atom is -0.495 e. The summed E-state index contributed by atoms with van der Waals surface area (Å²) in [7, 11) is 1.56. The van der Waals surface area contributed by atoms with Gasteiger partial charge in [0.1, 0.15) is 12.3 Å². The number of ether oxygens (including phenoxy) is 1. The number of anilines is 1. The highest BCUT2D eigenvalue weighted by molar-refractivity contribution is 6.22. The third-order valence-electron chi connectivity index (χ3n) is 5.47. The first-order valence-corrected chi connectivity index (χ1v) is 9.01. The SMILES string of the molecule is COc1ccc(C)cc1N1C(=O)C[C@@H]([NH+]2CCc3ccccc3C2)C1=O. The summed E-state index contributed by atoms with van der Waals surface area (Å²) in [5, 5.41) is 0. The van der Waals surface area contributed by atoms with Gasteiger partial charge in [-0.25, -0.2) is 4.90 Å². The summed E-state index contributed by atoms with van der Waals surface area (Å²) >= 11 is 0. The van der Waals surface area contributed by atoms with Crippen molar-refractivity contribution < 1.29 is 19.2 Å². The van der Waals surface area contributed by atoms with Crippen molar-refractivity contribution in [1.29, 1.82) is 0 Å². The standard InChI is InChI=1S/C21H22N2O3/c1-14-7-8-19(26-2)17(11-14)23-20(24)12-18(21(23)25)22-10-9-15-5-3-4-6-16(15)13-22/h3-8,11,18H,9-10,12-13H2,1-2H3/p+1/t18-/m1/s1. The third-order valence-corrected chi connectivity index (χ3v) is 5.47. The zero-order valence-electron chi connectivity index (χ0n) is 15.1. The van der Waals surface area contributed by atoms with Crippen LogP contribution < -0.4 is 14.5 Å². The Morgan fingerprint density at radius 1 is 1.12 bits per heavy atom. The number of hydrogen-bond acceptors (Lipinski definition) is 3. The summed E-state index contributed by atoms with van der Waals surface area (Å²) in [5.74, 6) is 0.292. The minimum absolute atomic E-state index is 0.117. The number of methoxy groups -OCH3 is 1. The van der Waals surface area contributed by atoms with E-state index in [2.05, 4.69) is 18.2 Å². The number of quaternary nitrogens is 1. The molecule has 5 nitrogen and oxygen atoms in total. The molecule has 2 amide bonds. The van der Waals surface area contributed by atoms with Crippen molar-refractivity contribution in [3.63, 3.8) is 0 Å². The molecule has 2 aliphatic rings. The molecule has 2 aromatic rings. The van der Waals surface area contributed by atoms with E-state index in [1.54, 1.807) is 7.11 Å². The molecule has 5 heteroatoms. The summed E-state index contributed by atoms with van der Waals surface area (Å²) in [6, 6.07) is 13.6. The van der Waals surface area contributed by atoms with Gasteiger partial charge in [0.15, 0.2) is 6.04 Å². The van der Waals surface area contributed by atoms with Crippen LogP contribution >= 0.6 is 0 Å². The van der Waals surface area contributed by atoms with Gasteiger partial charge in [-0.15, -0.1) is 0 Å². The number of carbonyl (C=O) groups excluding carboxylic acids is 2. The topological polar surface area (TPSA) is 51.0 Å². The average Bonchev–Trinajstić information content (AvgIpc) is 2.95. The maximum Gasteiger partial charge on any atom is 0.292 e. The Morgan fingerprint density at radius 3 is 2.65 bits per heavy atom. The van der Waals surface area contributed by atoms with Gasteiger partial charge in [0.2, 0.25) is 5.91 Å². The van der Waals surface area contributed by atoms with Crippen LogP contribution in [-0.2, 0) is 22.6 Å². The smallest absolute Gasteiger partial charge is 0.292 e. The molecule has 0 aliphatic carbocycles. The van der Waals surface area contributed by atoms with Crippen LogP contribution in [0.5, 0.6) is 5.75 Å². The molecule has 2 aliphatic heterocycles. The Bertz CT molecular complexity index is 877. The van der Waals surface area contributed by atoms with Crippen molar-refractivity contribution in [2.75, 3.05) is 18.6 Å².